The van der Waals surface area contributed by atoms with E-state index in [4.69, 9.17) is 0 Å². The molecule has 0 heterocycles. The van der Waals surface area contributed by atoms with Crippen molar-refractivity contribution in [3.05, 3.63) is 29.8 Å². The van der Waals surface area contributed by atoms with Gasteiger partial charge in [-0.25, -0.2) is 0 Å². The van der Waals surface area contributed by atoms with Gasteiger partial charge in [-0.15, -0.1) is 3.89 Å². The van der Waals surface area contributed by atoms with Crippen LogP contribution < -0.4 is 5.32 Å². The first kappa shape index (κ1) is 13.6. The third kappa shape index (κ3) is 4.14. The van der Waals surface area contributed by atoms with Crippen molar-refractivity contribution in [1.29, 1.82) is 0 Å². The van der Waals surface area contributed by atoms with Crippen LogP contribution in [0.4, 0.5) is 3.89 Å². The Labute approximate surface area is 100 Å². The maximum Gasteiger partial charge on any atom is 0.332 e. The molecule has 0 saturated heterocycles. The van der Waals surface area contributed by atoms with Crippen molar-refractivity contribution in [3.8, 4) is 0 Å². The molecule has 94 valence electrons. The summed E-state index contributed by atoms with van der Waals surface area (Å²) in [6, 6.07) is 4.70. The lowest BCUT2D eigenvalue weighted by Crippen LogP contribution is -2.27. The van der Waals surface area contributed by atoms with Gasteiger partial charge in [0.2, 0.25) is 0 Å². The zero-order valence-corrected chi connectivity index (χ0v) is 10.4. The molecular formula is C11H14FNO3S. The topological polar surface area (TPSA) is 63.2 Å². The Morgan fingerprint density at radius 3 is 2.24 bits per heavy atom. The number of nitrogens with one attached hydrogen (secondary N) is 1. The van der Waals surface area contributed by atoms with Gasteiger partial charge < -0.3 is 5.32 Å². The van der Waals surface area contributed by atoms with E-state index in [9.17, 15) is 17.1 Å². The summed E-state index contributed by atoms with van der Waals surface area (Å²) in [6.45, 7) is 4.44. The number of carbonyl (C=O) groups excluding carboxylic acids is 1. The van der Waals surface area contributed by atoms with Crippen LogP contribution in [0.1, 0.15) is 24.2 Å². The highest BCUT2D eigenvalue weighted by Crippen LogP contribution is 2.12. The molecule has 1 amide bonds. The molecule has 0 fully saturated rings. The number of benzene rings is 1. The van der Waals surface area contributed by atoms with E-state index in [1.807, 2.05) is 13.8 Å². The van der Waals surface area contributed by atoms with Gasteiger partial charge in [-0.1, -0.05) is 13.8 Å². The van der Waals surface area contributed by atoms with Crippen LogP contribution in [0.2, 0.25) is 0 Å². The normalized spacial score (nSPS) is 11.5. The number of rotatable bonds is 4. The van der Waals surface area contributed by atoms with E-state index >= 15 is 0 Å². The van der Waals surface area contributed by atoms with Gasteiger partial charge in [0.15, 0.2) is 0 Å². The highest BCUT2D eigenvalue weighted by molar-refractivity contribution is 7.86. The Kier molecular flexibility index (Phi) is 4.22. The van der Waals surface area contributed by atoms with Crippen molar-refractivity contribution in [2.75, 3.05) is 6.54 Å². The van der Waals surface area contributed by atoms with Gasteiger partial charge in [-0.2, -0.15) is 8.42 Å². The van der Waals surface area contributed by atoms with E-state index in [1.54, 1.807) is 0 Å². The van der Waals surface area contributed by atoms with Gasteiger partial charge in [-0.05, 0) is 30.2 Å². The minimum atomic E-state index is -4.70. The second-order valence-electron chi connectivity index (χ2n) is 4.07. The molecule has 17 heavy (non-hydrogen) atoms. The number of hydrogen-bond donors (Lipinski definition) is 1. The molecule has 0 aliphatic heterocycles. The maximum atomic E-state index is 12.6. The second kappa shape index (κ2) is 5.27. The first-order valence-electron chi connectivity index (χ1n) is 5.13. The molecule has 4 nitrogen and oxygen atoms in total. The SMILES string of the molecule is CC(C)CNC(=O)c1ccc(S(=O)(=O)F)cc1. The van der Waals surface area contributed by atoms with E-state index in [0.717, 1.165) is 12.1 Å². The van der Waals surface area contributed by atoms with Crippen molar-refractivity contribution in [2.45, 2.75) is 18.7 Å². The van der Waals surface area contributed by atoms with Crippen molar-refractivity contribution in [3.63, 3.8) is 0 Å². The second-order valence-corrected chi connectivity index (χ2v) is 5.41. The summed E-state index contributed by atoms with van der Waals surface area (Å²) < 4.78 is 33.7. The highest BCUT2D eigenvalue weighted by Gasteiger charge is 2.12. The summed E-state index contributed by atoms with van der Waals surface area (Å²) in [4.78, 5) is 11.1. The summed E-state index contributed by atoms with van der Waals surface area (Å²) in [5.74, 6) is 0.0194. The van der Waals surface area contributed by atoms with Gasteiger partial charge in [0, 0.05) is 12.1 Å². The number of halogens is 1. The molecule has 0 saturated carbocycles. The molecule has 1 rings (SSSR count). The highest BCUT2D eigenvalue weighted by atomic mass is 32.3. The minimum absolute atomic E-state index is 0.304. The molecule has 1 aromatic carbocycles. The minimum Gasteiger partial charge on any atom is -0.352 e. The fraction of sp³-hybridized carbons (Fsp3) is 0.364. The van der Waals surface area contributed by atoms with E-state index in [2.05, 4.69) is 5.32 Å². The predicted molar refractivity (Wildman–Crippen MR) is 61.9 cm³/mol. The van der Waals surface area contributed by atoms with Crippen LogP contribution in [-0.4, -0.2) is 20.9 Å². The Hall–Kier alpha value is -1.43. The molecule has 0 aliphatic carbocycles. The summed E-state index contributed by atoms with van der Waals surface area (Å²) in [5, 5.41) is 2.67. The van der Waals surface area contributed by atoms with Crippen LogP contribution in [0.25, 0.3) is 0 Å². The molecule has 0 aromatic heterocycles. The summed E-state index contributed by atoms with van der Waals surface area (Å²) >= 11 is 0. The van der Waals surface area contributed by atoms with Gasteiger partial charge in [0.25, 0.3) is 5.91 Å². The molecule has 1 aromatic rings. The van der Waals surface area contributed by atoms with Crippen molar-refractivity contribution < 1.29 is 17.1 Å². The average Bonchev–Trinajstić information content (AvgIpc) is 2.25. The van der Waals surface area contributed by atoms with Gasteiger partial charge in [0.1, 0.15) is 0 Å². The summed E-state index contributed by atoms with van der Waals surface area (Å²) in [5.41, 5.74) is 0.304. The quantitative estimate of drug-likeness (QED) is 0.837. The summed E-state index contributed by atoms with van der Waals surface area (Å²) in [7, 11) is -4.70. The van der Waals surface area contributed by atoms with Gasteiger partial charge in [0.05, 0.1) is 4.90 Å². The largest absolute Gasteiger partial charge is 0.352 e. The number of hydrogen-bond acceptors (Lipinski definition) is 3. The molecule has 0 unspecified atom stereocenters. The maximum absolute atomic E-state index is 12.6. The first-order chi connectivity index (χ1) is 7.80. The predicted octanol–water partition coefficient (Wildman–Crippen LogP) is 1.73. The lowest BCUT2D eigenvalue weighted by Gasteiger charge is -2.07. The van der Waals surface area contributed by atoms with E-state index in [-0.39, 0.29) is 5.91 Å². The fourth-order valence-corrected chi connectivity index (χ4v) is 1.63. The standard InChI is InChI=1S/C11H14FNO3S/c1-8(2)7-13-11(14)9-3-5-10(6-4-9)17(12,15)16/h3-6,8H,7H2,1-2H3,(H,13,14). The summed E-state index contributed by atoms with van der Waals surface area (Å²) in [6.07, 6.45) is 0. The van der Waals surface area contributed by atoms with Gasteiger partial charge in [-0.3, -0.25) is 4.79 Å². The van der Waals surface area contributed by atoms with E-state index in [1.165, 1.54) is 12.1 Å². The molecule has 0 aliphatic rings. The molecule has 6 heteroatoms. The fourth-order valence-electron chi connectivity index (χ4n) is 1.17. The lowest BCUT2D eigenvalue weighted by molar-refractivity contribution is 0.0949. The molecule has 0 atom stereocenters. The first-order valence-corrected chi connectivity index (χ1v) is 6.52. The third-order valence-electron chi connectivity index (χ3n) is 2.07. The van der Waals surface area contributed by atoms with Crippen LogP contribution in [0.15, 0.2) is 29.2 Å². The van der Waals surface area contributed by atoms with Crippen LogP contribution in [0, 0.1) is 5.92 Å². The van der Waals surface area contributed by atoms with Crippen molar-refractivity contribution >= 4 is 16.1 Å². The van der Waals surface area contributed by atoms with E-state index in [0.29, 0.717) is 18.0 Å². The third-order valence-corrected chi connectivity index (χ3v) is 2.90. The lowest BCUT2D eigenvalue weighted by atomic mass is 10.2. The molecule has 0 spiro atoms. The monoisotopic (exact) mass is 259 g/mol. The zero-order valence-electron chi connectivity index (χ0n) is 9.60. The smallest absolute Gasteiger partial charge is 0.332 e. The molecule has 0 bridgehead atoms. The molecule has 1 N–H and O–H groups in total. The zero-order chi connectivity index (χ0) is 13.1. The van der Waals surface area contributed by atoms with Crippen molar-refractivity contribution in [1.82, 2.24) is 5.32 Å². The van der Waals surface area contributed by atoms with E-state index < -0.39 is 15.1 Å². The number of carbonyl (C=O) groups is 1. The van der Waals surface area contributed by atoms with Crippen LogP contribution in [0.3, 0.4) is 0 Å². The number of amides is 1. The Morgan fingerprint density at radius 2 is 1.82 bits per heavy atom. The van der Waals surface area contributed by atoms with Crippen LogP contribution in [-0.2, 0) is 10.2 Å². The Bertz CT molecular complexity index is 494. The molecule has 0 radical (unpaired) electrons. The Morgan fingerprint density at radius 1 is 1.29 bits per heavy atom. The average molecular weight is 259 g/mol. The molecular weight excluding hydrogens is 245 g/mol. The van der Waals surface area contributed by atoms with Crippen molar-refractivity contribution in [2.24, 2.45) is 5.92 Å². The van der Waals surface area contributed by atoms with Gasteiger partial charge >= 0.3 is 10.2 Å². The van der Waals surface area contributed by atoms with Crippen LogP contribution in [0.5, 0.6) is 0 Å². The van der Waals surface area contributed by atoms with Crippen LogP contribution >= 0.6 is 0 Å². The Balaban J connectivity index is 2.78.